The Morgan fingerprint density at radius 1 is 1.64 bits per heavy atom. The number of fused-ring (bicyclic) bond motifs is 1. The molecule has 4 heteroatoms. The fraction of sp³-hybridized carbons (Fsp3) is 0.300. The molecule has 2 aromatic heterocycles. The summed E-state index contributed by atoms with van der Waals surface area (Å²) in [6.07, 6.45) is 2.33. The molecule has 1 unspecified atom stereocenters. The van der Waals surface area contributed by atoms with Gasteiger partial charge in [0.05, 0.1) is 0 Å². The summed E-state index contributed by atoms with van der Waals surface area (Å²) in [6, 6.07) is 3.66. The van der Waals surface area contributed by atoms with Crippen LogP contribution in [0.15, 0.2) is 24.5 Å². The second-order valence-electron chi connectivity index (χ2n) is 3.27. The van der Waals surface area contributed by atoms with Crippen molar-refractivity contribution in [3.8, 4) is 0 Å². The highest BCUT2D eigenvalue weighted by Crippen LogP contribution is 2.25. The summed E-state index contributed by atoms with van der Waals surface area (Å²) in [7, 11) is 1.85. The van der Waals surface area contributed by atoms with E-state index in [4.69, 9.17) is 5.73 Å². The number of rotatable bonds is 2. The number of pyridine rings is 1. The van der Waals surface area contributed by atoms with Gasteiger partial charge in [-0.25, -0.2) is 9.37 Å². The summed E-state index contributed by atoms with van der Waals surface area (Å²) in [4.78, 5) is 4.17. The lowest BCUT2D eigenvalue weighted by Gasteiger charge is -2.01. The highest BCUT2D eigenvalue weighted by molar-refractivity contribution is 5.80. The molecule has 2 N–H and O–H groups in total. The summed E-state index contributed by atoms with van der Waals surface area (Å²) in [5.41, 5.74) is 6.71. The Hall–Kier alpha value is -1.42. The van der Waals surface area contributed by atoms with Gasteiger partial charge in [0.1, 0.15) is 11.8 Å². The number of hydrogen-bond donors (Lipinski definition) is 1. The number of aromatic nitrogens is 2. The summed E-state index contributed by atoms with van der Waals surface area (Å²) >= 11 is 0. The minimum absolute atomic E-state index is 0.00794. The van der Waals surface area contributed by atoms with E-state index < -0.39 is 6.17 Å². The van der Waals surface area contributed by atoms with Crippen molar-refractivity contribution >= 4 is 11.0 Å². The van der Waals surface area contributed by atoms with Gasteiger partial charge in [0, 0.05) is 36.9 Å². The van der Waals surface area contributed by atoms with Crippen LogP contribution in [0, 0.1) is 0 Å². The van der Waals surface area contributed by atoms with Gasteiger partial charge in [-0.3, -0.25) is 0 Å². The average molecular weight is 193 g/mol. The number of alkyl halides is 1. The molecular formula is C10H12FN3. The minimum Gasteiger partial charge on any atom is -0.335 e. The molecule has 0 saturated heterocycles. The SMILES string of the molecule is Cn1cc(C(F)CN)c2cccnc21. The predicted octanol–water partition coefficient (Wildman–Crippen LogP) is 1.54. The third-order valence-electron chi connectivity index (χ3n) is 2.31. The zero-order chi connectivity index (χ0) is 10.1. The van der Waals surface area contributed by atoms with E-state index >= 15 is 0 Å². The third-order valence-corrected chi connectivity index (χ3v) is 2.31. The highest BCUT2D eigenvalue weighted by Gasteiger charge is 2.14. The van der Waals surface area contributed by atoms with Crippen LogP contribution in [0.5, 0.6) is 0 Å². The van der Waals surface area contributed by atoms with Gasteiger partial charge in [0.2, 0.25) is 0 Å². The van der Waals surface area contributed by atoms with Crippen molar-refractivity contribution in [3.63, 3.8) is 0 Å². The standard InChI is InChI=1S/C10H12FN3/c1-14-6-8(9(11)5-12)7-3-2-4-13-10(7)14/h2-4,6,9H,5,12H2,1H3. The van der Waals surface area contributed by atoms with Crippen LogP contribution in [-0.4, -0.2) is 16.1 Å². The van der Waals surface area contributed by atoms with E-state index in [-0.39, 0.29) is 6.54 Å². The molecule has 74 valence electrons. The van der Waals surface area contributed by atoms with Gasteiger partial charge >= 0.3 is 0 Å². The number of hydrogen-bond acceptors (Lipinski definition) is 2. The number of aryl methyl sites for hydroxylation is 1. The van der Waals surface area contributed by atoms with Crippen molar-refractivity contribution < 1.29 is 4.39 Å². The molecule has 0 radical (unpaired) electrons. The lowest BCUT2D eigenvalue weighted by Crippen LogP contribution is -2.07. The van der Waals surface area contributed by atoms with Crippen molar-refractivity contribution in [2.24, 2.45) is 12.8 Å². The lowest BCUT2D eigenvalue weighted by atomic mass is 10.1. The fourth-order valence-corrected chi connectivity index (χ4v) is 1.62. The number of nitrogens with two attached hydrogens (primary N) is 1. The van der Waals surface area contributed by atoms with Crippen molar-refractivity contribution in [1.82, 2.24) is 9.55 Å². The van der Waals surface area contributed by atoms with Crippen LogP contribution in [0.25, 0.3) is 11.0 Å². The Bertz CT molecular complexity index is 450. The fourth-order valence-electron chi connectivity index (χ4n) is 1.62. The third kappa shape index (κ3) is 1.28. The van der Waals surface area contributed by atoms with Crippen LogP contribution in [0.2, 0.25) is 0 Å². The van der Waals surface area contributed by atoms with Crippen LogP contribution >= 0.6 is 0 Å². The Morgan fingerprint density at radius 2 is 2.43 bits per heavy atom. The van der Waals surface area contributed by atoms with Gasteiger partial charge in [-0.05, 0) is 12.1 Å². The molecule has 0 bridgehead atoms. The molecule has 1 atom stereocenters. The Labute approximate surface area is 81.4 Å². The quantitative estimate of drug-likeness (QED) is 0.786. The Kier molecular flexibility index (Phi) is 2.21. The molecule has 0 amide bonds. The van der Waals surface area contributed by atoms with Gasteiger partial charge in [0.15, 0.2) is 0 Å². The van der Waals surface area contributed by atoms with Crippen molar-refractivity contribution in [2.75, 3.05) is 6.54 Å². The van der Waals surface area contributed by atoms with Gasteiger partial charge < -0.3 is 10.3 Å². The Morgan fingerprint density at radius 3 is 3.14 bits per heavy atom. The van der Waals surface area contributed by atoms with Crippen LogP contribution in [0.3, 0.4) is 0 Å². The molecule has 0 aromatic carbocycles. The molecule has 0 aliphatic carbocycles. The van der Waals surface area contributed by atoms with Crippen LogP contribution in [-0.2, 0) is 7.05 Å². The van der Waals surface area contributed by atoms with E-state index in [9.17, 15) is 4.39 Å². The summed E-state index contributed by atoms with van der Waals surface area (Å²) in [5.74, 6) is 0. The number of nitrogens with zero attached hydrogens (tertiary/aromatic N) is 2. The zero-order valence-corrected chi connectivity index (χ0v) is 7.94. The first-order chi connectivity index (χ1) is 6.74. The lowest BCUT2D eigenvalue weighted by molar-refractivity contribution is 0.355. The smallest absolute Gasteiger partial charge is 0.139 e. The van der Waals surface area contributed by atoms with Crippen molar-refractivity contribution in [2.45, 2.75) is 6.17 Å². The first kappa shape index (κ1) is 9.15. The second kappa shape index (κ2) is 3.38. The summed E-state index contributed by atoms with van der Waals surface area (Å²) in [5, 5.41) is 0.841. The van der Waals surface area contributed by atoms with Crippen LogP contribution in [0.4, 0.5) is 4.39 Å². The minimum atomic E-state index is -1.11. The molecule has 0 spiro atoms. The van der Waals surface area contributed by atoms with E-state index in [1.165, 1.54) is 0 Å². The number of halogens is 1. The predicted molar refractivity (Wildman–Crippen MR) is 53.6 cm³/mol. The molecule has 2 rings (SSSR count). The van der Waals surface area contributed by atoms with Gasteiger partial charge in [0.25, 0.3) is 0 Å². The molecule has 0 fully saturated rings. The first-order valence-corrected chi connectivity index (χ1v) is 4.48. The maximum Gasteiger partial charge on any atom is 0.139 e. The topological polar surface area (TPSA) is 43.8 Å². The van der Waals surface area contributed by atoms with Crippen LogP contribution in [0.1, 0.15) is 11.7 Å². The van der Waals surface area contributed by atoms with Crippen LogP contribution < -0.4 is 5.73 Å². The average Bonchev–Trinajstić information content (AvgIpc) is 2.56. The van der Waals surface area contributed by atoms with Gasteiger partial charge in [-0.2, -0.15) is 0 Å². The summed E-state index contributed by atoms with van der Waals surface area (Å²) < 4.78 is 15.3. The van der Waals surface area contributed by atoms with E-state index in [1.807, 2.05) is 17.7 Å². The van der Waals surface area contributed by atoms with Crippen molar-refractivity contribution in [1.29, 1.82) is 0 Å². The molecule has 0 aliphatic rings. The maximum atomic E-state index is 13.4. The van der Waals surface area contributed by atoms with E-state index in [0.717, 1.165) is 11.0 Å². The first-order valence-electron chi connectivity index (χ1n) is 4.48. The Balaban J connectivity index is 2.66. The molecule has 14 heavy (non-hydrogen) atoms. The largest absolute Gasteiger partial charge is 0.335 e. The maximum absolute atomic E-state index is 13.4. The molecular weight excluding hydrogens is 181 g/mol. The van der Waals surface area contributed by atoms with E-state index in [0.29, 0.717) is 5.56 Å². The molecule has 2 aromatic rings. The summed E-state index contributed by atoms with van der Waals surface area (Å²) in [6.45, 7) is 0.00794. The normalized spacial score (nSPS) is 13.4. The molecule has 0 aliphatic heterocycles. The molecule has 3 nitrogen and oxygen atoms in total. The molecule has 2 heterocycles. The monoisotopic (exact) mass is 193 g/mol. The van der Waals surface area contributed by atoms with Gasteiger partial charge in [-0.15, -0.1) is 0 Å². The van der Waals surface area contributed by atoms with E-state index in [2.05, 4.69) is 4.98 Å². The highest BCUT2D eigenvalue weighted by atomic mass is 19.1. The zero-order valence-electron chi connectivity index (χ0n) is 7.94. The second-order valence-corrected chi connectivity index (χ2v) is 3.27. The van der Waals surface area contributed by atoms with E-state index in [1.54, 1.807) is 18.5 Å². The van der Waals surface area contributed by atoms with Crippen molar-refractivity contribution in [3.05, 3.63) is 30.1 Å². The van der Waals surface area contributed by atoms with Gasteiger partial charge in [-0.1, -0.05) is 0 Å². The molecule has 0 saturated carbocycles.